The van der Waals surface area contributed by atoms with Gasteiger partial charge in [-0.05, 0) is 6.92 Å². The van der Waals surface area contributed by atoms with Crippen molar-refractivity contribution in [1.29, 1.82) is 0 Å². The molecule has 3 heterocycles. The van der Waals surface area contributed by atoms with Crippen molar-refractivity contribution in [2.75, 3.05) is 17.7 Å². The molecule has 2 N–H and O–H groups in total. The molecular weight excluding hydrogens is 272 g/mol. The molecule has 0 radical (unpaired) electrons. The topological polar surface area (TPSA) is 107 Å². The highest BCUT2D eigenvalue weighted by atomic mass is 16.4. The Balaban J connectivity index is 1.82. The van der Waals surface area contributed by atoms with Crippen LogP contribution in [-0.2, 0) is 6.54 Å². The fourth-order valence-electron chi connectivity index (χ4n) is 1.69. The molecule has 0 aliphatic carbocycles. The van der Waals surface area contributed by atoms with Gasteiger partial charge >= 0.3 is 0 Å². The van der Waals surface area contributed by atoms with E-state index < -0.39 is 0 Å². The Hall–Kier alpha value is -2.97. The highest BCUT2D eigenvalue weighted by Gasteiger charge is 2.08. The number of hydrogen-bond donors (Lipinski definition) is 2. The molecule has 3 aromatic heterocycles. The van der Waals surface area contributed by atoms with Crippen molar-refractivity contribution in [3.63, 3.8) is 0 Å². The maximum absolute atomic E-state index is 5.39. The van der Waals surface area contributed by atoms with E-state index in [1.165, 1.54) is 0 Å². The average molecular weight is 286 g/mol. The molecule has 0 aliphatic rings. The van der Waals surface area contributed by atoms with Crippen LogP contribution in [-0.4, -0.2) is 36.5 Å². The van der Waals surface area contributed by atoms with Gasteiger partial charge in [0.1, 0.15) is 12.1 Å². The van der Waals surface area contributed by atoms with Crippen LogP contribution in [0.1, 0.15) is 11.7 Å². The summed E-state index contributed by atoms with van der Waals surface area (Å²) in [7, 11) is 1.74. The lowest BCUT2D eigenvalue weighted by Gasteiger charge is -2.07. The van der Waals surface area contributed by atoms with E-state index in [0.29, 0.717) is 30.3 Å². The van der Waals surface area contributed by atoms with Crippen molar-refractivity contribution in [2.24, 2.45) is 0 Å². The summed E-state index contributed by atoms with van der Waals surface area (Å²) in [5, 5.41) is 5.96. The van der Waals surface area contributed by atoms with Crippen molar-refractivity contribution in [3.05, 3.63) is 36.6 Å². The smallest absolute Gasteiger partial charge is 0.241 e. The molecule has 108 valence electrons. The van der Waals surface area contributed by atoms with E-state index in [1.54, 1.807) is 36.5 Å². The summed E-state index contributed by atoms with van der Waals surface area (Å²) in [5.74, 6) is 2.69. The molecule has 3 rings (SSSR count). The molecule has 0 amide bonds. The van der Waals surface area contributed by atoms with Crippen molar-refractivity contribution in [3.8, 4) is 5.95 Å². The third kappa shape index (κ3) is 2.96. The summed E-state index contributed by atoms with van der Waals surface area (Å²) < 4.78 is 7.09. The lowest BCUT2D eigenvalue weighted by Crippen LogP contribution is -2.10. The molecular formula is C12H14N8O. The fourth-order valence-corrected chi connectivity index (χ4v) is 1.69. The van der Waals surface area contributed by atoms with Gasteiger partial charge < -0.3 is 15.1 Å². The van der Waals surface area contributed by atoms with E-state index in [1.807, 2.05) is 6.92 Å². The summed E-state index contributed by atoms with van der Waals surface area (Å²) in [4.78, 5) is 20.9. The minimum absolute atomic E-state index is 0.393. The molecule has 21 heavy (non-hydrogen) atoms. The van der Waals surface area contributed by atoms with Gasteiger partial charge in [-0.15, -0.1) is 0 Å². The third-order valence-electron chi connectivity index (χ3n) is 2.65. The minimum Gasteiger partial charge on any atom is -0.444 e. The monoisotopic (exact) mass is 286 g/mol. The van der Waals surface area contributed by atoms with Crippen LogP contribution >= 0.6 is 0 Å². The minimum atomic E-state index is 0.393. The van der Waals surface area contributed by atoms with Gasteiger partial charge in [-0.3, -0.25) is 4.57 Å². The standard InChI is InChI=1S/C12H14N8O/c1-8-5-15-9(21-8)6-16-11-17-10(13-2)18-12(19-11)20-4-3-14-7-20/h3-5,7H,6H2,1-2H3,(H2,13,16,17,18,19). The second-order valence-corrected chi connectivity index (χ2v) is 4.22. The van der Waals surface area contributed by atoms with Crippen LogP contribution in [0.15, 0.2) is 29.3 Å². The largest absolute Gasteiger partial charge is 0.444 e. The van der Waals surface area contributed by atoms with E-state index in [4.69, 9.17) is 4.42 Å². The number of rotatable bonds is 5. The van der Waals surface area contributed by atoms with E-state index in [2.05, 4.69) is 35.6 Å². The molecule has 0 bridgehead atoms. The number of nitrogens with one attached hydrogen (secondary N) is 2. The Labute approximate surface area is 120 Å². The number of aryl methyl sites for hydroxylation is 1. The predicted molar refractivity (Wildman–Crippen MR) is 75.1 cm³/mol. The quantitative estimate of drug-likeness (QED) is 0.715. The van der Waals surface area contributed by atoms with E-state index in [0.717, 1.165) is 5.76 Å². The second-order valence-electron chi connectivity index (χ2n) is 4.22. The van der Waals surface area contributed by atoms with Crippen LogP contribution in [0, 0.1) is 6.92 Å². The van der Waals surface area contributed by atoms with Crippen molar-refractivity contribution in [2.45, 2.75) is 13.5 Å². The predicted octanol–water partition coefficient (Wildman–Crippen LogP) is 1.01. The first-order chi connectivity index (χ1) is 10.2. The molecule has 0 saturated carbocycles. The Morgan fingerprint density at radius 3 is 2.76 bits per heavy atom. The van der Waals surface area contributed by atoms with Gasteiger partial charge in [0, 0.05) is 19.4 Å². The lowest BCUT2D eigenvalue weighted by molar-refractivity contribution is 0.478. The van der Waals surface area contributed by atoms with Crippen LogP contribution < -0.4 is 10.6 Å². The molecule has 0 fully saturated rings. The Bertz CT molecular complexity index is 721. The first-order valence-corrected chi connectivity index (χ1v) is 6.32. The Morgan fingerprint density at radius 1 is 1.24 bits per heavy atom. The van der Waals surface area contributed by atoms with Gasteiger partial charge in [0.15, 0.2) is 0 Å². The Morgan fingerprint density at radius 2 is 2.10 bits per heavy atom. The van der Waals surface area contributed by atoms with E-state index >= 15 is 0 Å². The zero-order valence-corrected chi connectivity index (χ0v) is 11.6. The number of aromatic nitrogens is 6. The third-order valence-corrected chi connectivity index (χ3v) is 2.65. The zero-order chi connectivity index (χ0) is 14.7. The van der Waals surface area contributed by atoms with Gasteiger partial charge in [-0.2, -0.15) is 15.0 Å². The molecule has 0 atom stereocenters. The Kier molecular flexibility index (Phi) is 3.46. The molecule has 0 saturated heterocycles. The molecule has 9 heteroatoms. The summed E-state index contributed by atoms with van der Waals surface area (Å²) >= 11 is 0. The highest BCUT2D eigenvalue weighted by Crippen LogP contribution is 2.10. The summed E-state index contributed by atoms with van der Waals surface area (Å²) in [6, 6.07) is 0. The highest BCUT2D eigenvalue weighted by molar-refractivity contribution is 5.37. The number of nitrogens with zero attached hydrogens (tertiary/aromatic N) is 6. The van der Waals surface area contributed by atoms with Gasteiger partial charge in [0.05, 0.1) is 12.7 Å². The summed E-state index contributed by atoms with van der Waals surface area (Å²) in [6.45, 7) is 2.24. The van der Waals surface area contributed by atoms with Crippen LogP contribution in [0.5, 0.6) is 0 Å². The van der Waals surface area contributed by atoms with Gasteiger partial charge in [-0.25, -0.2) is 9.97 Å². The number of hydrogen-bond acceptors (Lipinski definition) is 8. The maximum Gasteiger partial charge on any atom is 0.241 e. The van der Waals surface area contributed by atoms with Gasteiger partial charge in [0.25, 0.3) is 0 Å². The van der Waals surface area contributed by atoms with Crippen LogP contribution in [0.3, 0.4) is 0 Å². The summed E-state index contributed by atoms with van der Waals surface area (Å²) in [6.07, 6.45) is 6.71. The zero-order valence-electron chi connectivity index (χ0n) is 11.6. The number of oxazole rings is 1. The maximum atomic E-state index is 5.39. The lowest BCUT2D eigenvalue weighted by atomic mass is 10.6. The first kappa shape index (κ1) is 13.0. The second kappa shape index (κ2) is 5.57. The van der Waals surface area contributed by atoms with Crippen LogP contribution in [0.2, 0.25) is 0 Å². The molecule has 0 unspecified atom stereocenters. The molecule has 0 aliphatic heterocycles. The number of anilines is 2. The van der Waals surface area contributed by atoms with Crippen LogP contribution in [0.4, 0.5) is 11.9 Å². The van der Waals surface area contributed by atoms with Crippen molar-refractivity contribution >= 4 is 11.9 Å². The van der Waals surface area contributed by atoms with Crippen molar-refractivity contribution in [1.82, 2.24) is 29.5 Å². The summed E-state index contributed by atoms with van der Waals surface area (Å²) in [5.41, 5.74) is 0. The molecule has 9 nitrogen and oxygen atoms in total. The molecule has 0 spiro atoms. The average Bonchev–Trinajstić information content (AvgIpc) is 3.16. The van der Waals surface area contributed by atoms with Crippen LogP contribution in [0.25, 0.3) is 5.95 Å². The molecule has 0 aromatic carbocycles. The van der Waals surface area contributed by atoms with E-state index in [-0.39, 0.29) is 0 Å². The van der Waals surface area contributed by atoms with Gasteiger partial charge in [-0.1, -0.05) is 0 Å². The normalized spacial score (nSPS) is 10.6. The molecule has 3 aromatic rings. The number of imidazole rings is 1. The van der Waals surface area contributed by atoms with Crippen molar-refractivity contribution < 1.29 is 4.42 Å². The SMILES string of the molecule is CNc1nc(NCc2ncc(C)o2)nc(-n2ccnc2)n1. The van der Waals surface area contributed by atoms with E-state index in [9.17, 15) is 0 Å². The fraction of sp³-hybridized carbons (Fsp3) is 0.250. The first-order valence-electron chi connectivity index (χ1n) is 6.32. The van der Waals surface area contributed by atoms with Gasteiger partial charge in [0.2, 0.25) is 23.7 Å².